The van der Waals surface area contributed by atoms with Crippen LogP contribution in [0.1, 0.15) is 19.4 Å². The van der Waals surface area contributed by atoms with E-state index < -0.39 is 36.4 Å². The molecule has 2 rings (SSSR count). The van der Waals surface area contributed by atoms with Gasteiger partial charge in [0.1, 0.15) is 11.9 Å². The van der Waals surface area contributed by atoms with Crippen molar-refractivity contribution in [1.82, 2.24) is 10.6 Å². The Hall–Kier alpha value is -3.42. The van der Waals surface area contributed by atoms with Crippen molar-refractivity contribution in [3.63, 3.8) is 0 Å². The molecule has 29 heavy (non-hydrogen) atoms. The molecule has 154 valence electrons. The number of esters is 1. The minimum atomic E-state index is -0.932. The third kappa shape index (κ3) is 7.25. The Morgan fingerprint density at radius 1 is 1.00 bits per heavy atom. The summed E-state index contributed by atoms with van der Waals surface area (Å²) in [6.45, 7) is 2.94. The number of rotatable bonds is 8. The van der Waals surface area contributed by atoms with Crippen LogP contribution in [0.2, 0.25) is 0 Å². The first-order valence-electron chi connectivity index (χ1n) is 9.16. The molecule has 0 bridgehead atoms. The van der Waals surface area contributed by atoms with Crippen molar-refractivity contribution in [3.8, 4) is 0 Å². The van der Waals surface area contributed by atoms with Gasteiger partial charge in [0.25, 0.3) is 5.91 Å². The van der Waals surface area contributed by atoms with Gasteiger partial charge in [-0.1, -0.05) is 50.2 Å². The Balaban J connectivity index is 1.81. The number of ether oxygens (including phenoxy) is 1. The molecule has 0 saturated carbocycles. The Bertz CT molecular complexity index is 843. The molecule has 7 nitrogen and oxygen atoms in total. The van der Waals surface area contributed by atoms with E-state index in [1.807, 2.05) is 6.07 Å². The topological polar surface area (TPSA) is 96.5 Å². The van der Waals surface area contributed by atoms with Gasteiger partial charge in [-0.15, -0.1) is 0 Å². The van der Waals surface area contributed by atoms with Gasteiger partial charge in [0.05, 0.1) is 0 Å². The van der Waals surface area contributed by atoms with E-state index in [1.54, 1.807) is 56.3 Å². The van der Waals surface area contributed by atoms with Gasteiger partial charge in [-0.25, -0.2) is 14.0 Å². The summed E-state index contributed by atoms with van der Waals surface area (Å²) in [5.74, 6) is -1.99. The maximum Gasteiger partial charge on any atom is 0.329 e. The van der Waals surface area contributed by atoms with Crippen molar-refractivity contribution < 1.29 is 23.5 Å². The van der Waals surface area contributed by atoms with Crippen molar-refractivity contribution >= 4 is 23.6 Å². The fraction of sp³-hybridized carbons (Fsp3) is 0.286. The molecule has 8 heteroatoms. The van der Waals surface area contributed by atoms with Gasteiger partial charge in [-0.2, -0.15) is 0 Å². The lowest BCUT2D eigenvalue weighted by Gasteiger charge is -2.21. The van der Waals surface area contributed by atoms with Gasteiger partial charge in [0.15, 0.2) is 6.61 Å². The summed E-state index contributed by atoms with van der Waals surface area (Å²) in [6.07, 6.45) is 0. The van der Waals surface area contributed by atoms with Crippen LogP contribution in [0, 0.1) is 11.7 Å². The van der Waals surface area contributed by atoms with Gasteiger partial charge in [0, 0.05) is 17.8 Å². The predicted molar refractivity (Wildman–Crippen MR) is 106 cm³/mol. The molecule has 3 amide bonds. The van der Waals surface area contributed by atoms with Gasteiger partial charge in [-0.3, -0.25) is 4.79 Å². The normalized spacial score (nSPS) is 11.4. The number of hydrogen-bond acceptors (Lipinski definition) is 4. The van der Waals surface area contributed by atoms with Crippen molar-refractivity contribution in [2.45, 2.75) is 26.4 Å². The summed E-state index contributed by atoms with van der Waals surface area (Å²) in [5, 5.41) is 7.65. The minimum absolute atomic E-state index is 0.0194. The number of benzene rings is 2. The van der Waals surface area contributed by atoms with Gasteiger partial charge in [0.2, 0.25) is 0 Å². The highest BCUT2D eigenvalue weighted by Crippen LogP contribution is 2.08. The Labute approximate surface area is 168 Å². The number of halogens is 1. The molecule has 2 aromatic rings. The molecule has 0 saturated heterocycles. The molecule has 0 aromatic heterocycles. The van der Waals surface area contributed by atoms with Gasteiger partial charge >= 0.3 is 12.0 Å². The zero-order chi connectivity index (χ0) is 21.2. The van der Waals surface area contributed by atoms with Crippen molar-refractivity contribution in [1.29, 1.82) is 0 Å². The molecule has 0 aliphatic rings. The summed E-state index contributed by atoms with van der Waals surface area (Å²) in [7, 11) is 0. The highest BCUT2D eigenvalue weighted by atomic mass is 19.1. The van der Waals surface area contributed by atoms with Crippen LogP contribution in [-0.2, 0) is 20.9 Å². The Morgan fingerprint density at radius 3 is 2.31 bits per heavy atom. The molecule has 0 heterocycles. The summed E-state index contributed by atoms with van der Waals surface area (Å²) in [6, 6.07) is 13.3. The molecule has 0 unspecified atom stereocenters. The summed E-state index contributed by atoms with van der Waals surface area (Å²) >= 11 is 0. The maximum absolute atomic E-state index is 13.5. The SMILES string of the molecule is CC(C)[C@H](NC(=O)Nc1ccccc1)C(=O)OCC(=O)NCc1ccccc1F. The van der Waals surface area contributed by atoms with E-state index in [4.69, 9.17) is 4.74 Å². The molecule has 0 spiro atoms. The van der Waals surface area contributed by atoms with Crippen LogP contribution in [0.25, 0.3) is 0 Å². The molecule has 3 N–H and O–H groups in total. The molecule has 0 fully saturated rings. The molecule has 0 radical (unpaired) electrons. The lowest BCUT2D eigenvalue weighted by molar-refractivity contribution is -0.151. The monoisotopic (exact) mass is 401 g/mol. The lowest BCUT2D eigenvalue weighted by Crippen LogP contribution is -2.47. The molecular weight excluding hydrogens is 377 g/mol. The summed E-state index contributed by atoms with van der Waals surface area (Å²) in [5.41, 5.74) is 0.903. The van der Waals surface area contributed by atoms with E-state index in [2.05, 4.69) is 16.0 Å². The molecular formula is C21H24FN3O4. The predicted octanol–water partition coefficient (Wildman–Crippen LogP) is 2.83. The molecule has 0 aliphatic carbocycles. The largest absolute Gasteiger partial charge is 0.454 e. The highest BCUT2D eigenvalue weighted by molar-refractivity contribution is 5.93. The fourth-order valence-corrected chi connectivity index (χ4v) is 2.44. The number of para-hydroxylation sites is 1. The highest BCUT2D eigenvalue weighted by Gasteiger charge is 2.26. The van der Waals surface area contributed by atoms with Crippen molar-refractivity contribution in [2.24, 2.45) is 5.92 Å². The summed E-state index contributed by atoms with van der Waals surface area (Å²) < 4.78 is 18.6. The fourth-order valence-electron chi connectivity index (χ4n) is 2.44. The Morgan fingerprint density at radius 2 is 1.66 bits per heavy atom. The van der Waals surface area contributed by atoms with E-state index in [0.29, 0.717) is 11.3 Å². The number of nitrogens with one attached hydrogen (secondary N) is 3. The third-order valence-electron chi connectivity index (χ3n) is 4.02. The van der Waals surface area contributed by atoms with E-state index in [-0.39, 0.29) is 12.5 Å². The standard InChI is InChI=1S/C21H24FN3O4/c1-14(2)19(25-21(28)24-16-9-4-3-5-10-16)20(27)29-13-18(26)23-12-15-8-6-7-11-17(15)22/h3-11,14,19H,12-13H2,1-2H3,(H,23,26)(H2,24,25,28)/t19-/m0/s1. The van der Waals surface area contributed by atoms with Crippen LogP contribution >= 0.6 is 0 Å². The van der Waals surface area contributed by atoms with E-state index in [1.165, 1.54) is 6.07 Å². The van der Waals surface area contributed by atoms with Crippen molar-refractivity contribution in [2.75, 3.05) is 11.9 Å². The summed E-state index contributed by atoms with van der Waals surface area (Å²) in [4.78, 5) is 36.3. The number of amides is 3. The van der Waals surface area contributed by atoms with E-state index >= 15 is 0 Å². The van der Waals surface area contributed by atoms with Gasteiger partial charge in [-0.05, 0) is 24.1 Å². The van der Waals surface area contributed by atoms with Crippen LogP contribution in [0.5, 0.6) is 0 Å². The number of anilines is 1. The lowest BCUT2D eigenvalue weighted by atomic mass is 10.1. The zero-order valence-electron chi connectivity index (χ0n) is 16.3. The van der Waals surface area contributed by atoms with Crippen LogP contribution in [0.3, 0.4) is 0 Å². The van der Waals surface area contributed by atoms with E-state index in [0.717, 1.165) is 0 Å². The minimum Gasteiger partial charge on any atom is -0.454 e. The van der Waals surface area contributed by atoms with Crippen LogP contribution in [0.4, 0.5) is 14.9 Å². The molecule has 0 aliphatic heterocycles. The second-order valence-corrected chi connectivity index (χ2v) is 6.66. The van der Waals surface area contributed by atoms with Crippen LogP contribution in [-0.4, -0.2) is 30.6 Å². The average molecular weight is 401 g/mol. The number of urea groups is 1. The number of carbonyl (C=O) groups excluding carboxylic acids is 3. The molecule has 2 aromatic carbocycles. The maximum atomic E-state index is 13.5. The first-order valence-corrected chi connectivity index (χ1v) is 9.16. The quantitative estimate of drug-likeness (QED) is 0.593. The second-order valence-electron chi connectivity index (χ2n) is 6.66. The molecule has 1 atom stereocenters. The first kappa shape index (κ1) is 21.9. The number of carbonyl (C=O) groups is 3. The average Bonchev–Trinajstić information content (AvgIpc) is 2.70. The van der Waals surface area contributed by atoms with E-state index in [9.17, 15) is 18.8 Å². The number of hydrogen-bond donors (Lipinski definition) is 3. The smallest absolute Gasteiger partial charge is 0.329 e. The second kappa shape index (κ2) is 10.8. The van der Waals surface area contributed by atoms with Gasteiger partial charge < -0.3 is 20.7 Å². The Kier molecular flexibility index (Phi) is 8.14. The first-order chi connectivity index (χ1) is 13.9. The third-order valence-corrected chi connectivity index (χ3v) is 4.02. The van der Waals surface area contributed by atoms with Crippen LogP contribution < -0.4 is 16.0 Å². The van der Waals surface area contributed by atoms with Crippen LogP contribution in [0.15, 0.2) is 54.6 Å². The zero-order valence-corrected chi connectivity index (χ0v) is 16.3. The van der Waals surface area contributed by atoms with Crippen molar-refractivity contribution in [3.05, 3.63) is 66.0 Å².